The van der Waals surface area contributed by atoms with Gasteiger partial charge in [0.1, 0.15) is 6.17 Å². The maximum atomic E-state index is 12.9. The van der Waals surface area contributed by atoms with Gasteiger partial charge in [0, 0.05) is 5.69 Å². The van der Waals surface area contributed by atoms with E-state index >= 15 is 0 Å². The zero-order chi connectivity index (χ0) is 9.97. The maximum Gasteiger partial charge on any atom is 0.100 e. The summed E-state index contributed by atoms with van der Waals surface area (Å²) in [5.41, 5.74) is 7.73. The van der Waals surface area contributed by atoms with Gasteiger partial charge < -0.3 is 5.73 Å². The molecule has 2 rings (SSSR count). The van der Waals surface area contributed by atoms with Gasteiger partial charge in [0.05, 0.1) is 0 Å². The highest BCUT2D eigenvalue weighted by Crippen LogP contribution is 2.34. The summed E-state index contributed by atoms with van der Waals surface area (Å²) in [4.78, 5) is 0. The van der Waals surface area contributed by atoms with Crippen molar-refractivity contribution in [1.29, 1.82) is 0 Å². The van der Waals surface area contributed by atoms with E-state index in [1.165, 1.54) is 5.56 Å². The fraction of sp³-hybridized carbons (Fsp3) is 0.500. The minimum Gasteiger partial charge on any atom is -0.399 e. The Hall–Kier alpha value is -1.05. The first-order valence-corrected chi connectivity index (χ1v) is 5.25. The molecular weight excluding hydrogens is 177 g/mol. The second-order valence-corrected chi connectivity index (χ2v) is 4.12. The van der Waals surface area contributed by atoms with Crippen molar-refractivity contribution in [2.45, 2.75) is 37.8 Å². The number of nitrogens with two attached hydrogens (primary N) is 1. The van der Waals surface area contributed by atoms with Gasteiger partial charge >= 0.3 is 0 Å². The van der Waals surface area contributed by atoms with Crippen molar-refractivity contribution in [1.82, 2.24) is 0 Å². The summed E-state index contributed by atoms with van der Waals surface area (Å²) in [6.07, 6.45) is 2.82. The van der Waals surface area contributed by atoms with E-state index in [4.69, 9.17) is 5.73 Å². The average Bonchev–Trinajstić information content (AvgIpc) is 2.21. The van der Waals surface area contributed by atoms with Gasteiger partial charge in [0.15, 0.2) is 0 Å². The van der Waals surface area contributed by atoms with Crippen molar-refractivity contribution in [2.24, 2.45) is 0 Å². The molecule has 2 N–H and O–H groups in total. The smallest absolute Gasteiger partial charge is 0.100 e. The minimum atomic E-state index is -0.569. The molecule has 2 heteroatoms. The molecule has 0 radical (unpaired) electrons. The Morgan fingerprint density at radius 2 is 1.57 bits per heavy atom. The fourth-order valence-corrected chi connectivity index (χ4v) is 2.15. The number of alkyl halides is 1. The summed E-state index contributed by atoms with van der Waals surface area (Å²) in [5.74, 6) is 0.544. The van der Waals surface area contributed by atoms with E-state index in [0.29, 0.717) is 5.92 Å². The van der Waals surface area contributed by atoms with Crippen LogP contribution >= 0.6 is 0 Å². The number of nitrogen functional groups attached to an aromatic ring is 1. The monoisotopic (exact) mass is 193 g/mol. The summed E-state index contributed by atoms with van der Waals surface area (Å²) in [6.45, 7) is 0. The van der Waals surface area contributed by atoms with Crippen molar-refractivity contribution in [2.75, 3.05) is 5.73 Å². The Labute approximate surface area is 84.1 Å². The number of hydrogen-bond donors (Lipinski definition) is 1. The van der Waals surface area contributed by atoms with Gasteiger partial charge in [-0.15, -0.1) is 0 Å². The molecule has 1 nitrogen and oxygen atoms in total. The molecule has 0 unspecified atom stereocenters. The summed E-state index contributed by atoms with van der Waals surface area (Å²) < 4.78 is 12.9. The van der Waals surface area contributed by atoms with Gasteiger partial charge in [0.25, 0.3) is 0 Å². The van der Waals surface area contributed by atoms with E-state index in [1.54, 1.807) is 0 Å². The van der Waals surface area contributed by atoms with Gasteiger partial charge in [-0.3, -0.25) is 0 Å². The third kappa shape index (κ3) is 2.06. The molecule has 0 heterocycles. The first-order valence-electron chi connectivity index (χ1n) is 5.25. The normalized spacial score (nSPS) is 27.5. The minimum absolute atomic E-state index is 0.544. The van der Waals surface area contributed by atoms with E-state index < -0.39 is 6.17 Å². The highest BCUT2D eigenvalue weighted by atomic mass is 19.1. The number of hydrogen-bond acceptors (Lipinski definition) is 1. The van der Waals surface area contributed by atoms with E-state index in [9.17, 15) is 4.39 Å². The highest BCUT2D eigenvalue weighted by Gasteiger charge is 2.21. The van der Waals surface area contributed by atoms with Gasteiger partial charge in [-0.05, 0) is 49.3 Å². The second kappa shape index (κ2) is 3.99. The van der Waals surface area contributed by atoms with E-state index in [0.717, 1.165) is 31.4 Å². The molecule has 1 saturated carbocycles. The predicted octanol–water partition coefficient (Wildman–Crippen LogP) is 3.26. The molecular formula is C12H16FN. The fourth-order valence-electron chi connectivity index (χ4n) is 2.15. The van der Waals surface area contributed by atoms with Crippen molar-refractivity contribution in [3.8, 4) is 0 Å². The van der Waals surface area contributed by atoms with Crippen molar-refractivity contribution in [3.63, 3.8) is 0 Å². The standard InChI is InChI=1S/C12H16FN/c13-11-5-1-9(2-6-11)10-3-7-12(14)8-4-10/h3-4,7-9,11H,1-2,5-6,14H2. The Balaban J connectivity index is 2.05. The summed E-state index contributed by atoms with van der Waals surface area (Å²) in [6, 6.07) is 7.99. The van der Waals surface area contributed by atoms with Crippen LogP contribution in [0, 0.1) is 0 Å². The molecule has 14 heavy (non-hydrogen) atoms. The van der Waals surface area contributed by atoms with Crippen molar-refractivity contribution in [3.05, 3.63) is 29.8 Å². The predicted molar refractivity (Wildman–Crippen MR) is 57.0 cm³/mol. The molecule has 0 aliphatic heterocycles. The summed E-state index contributed by atoms with van der Waals surface area (Å²) in [5, 5.41) is 0. The molecule has 0 aromatic heterocycles. The molecule has 1 aliphatic carbocycles. The van der Waals surface area contributed by atoms with Crippen LogP contribution in [0.5, 0.6) is 0 Å². The van der Waals surface area contributed by atoms with Crippen molar-refractivity contribution < 1.29 is 4.39 Å². The Morgan fingerprint density at radius 1 is 1.00 bits per heavy atom. The van der Waals surface area contributed by atoms with Crippen LogP contribution in [-0.2, 0) is 0 Å². The highest BCUT2D eigenvalue weighted by molar-refractivity contribution is 5.40. The van der Waals surface area contributed by atoms with Crippen LogP contribution in [0.1, 0.15) is 37.2 Å². The molecule has 0 spiro atoms. The van der Waals surface area contributed by atoms with Crippen LogP contribution < -0.4 is 5.73 Å². The number of rotatable bonds is 1. The Morgan fingerprint density at radius 3 is 2.14 bits per heavy atom. The zero-order valence-electron chi connectivity index (χ0n) is 8.25. The molecule has 1 aromatic carbocycles. The van der Waals surface area contributed by atoms with Gasteiger partial charge in [-0.25, -0.2) is 4.39 Å². The topological polar surface area (TPSA) is 26.0 Å². The number of benzene rings is 1. The molecule has 1 fully saturated rings. The van der Waals surface area contributed by atoms with Gasteiger partial charge in [-0.1, -0.05) is 12.1 Å². The molecule has 0 atom stereocenters. The van der Waals surface area contributed by atoms with E-state index in [2.05, 4.69) is 12.1 Å². The summed E-state index contributed by atoms with van der Waals surface area (Å²) in [7, 11) is 0. The van der Waals surface area contributed by atoms with Crippen LogP contribution in [0.2, 0.25) is 0 Å². The third-order valence-corrected chi connectivity index (χ3v) is 3.06. The quantitative estimate of drug-likeness (QED) is 0.681. The first kappa shape index (κ1) is 9.50. The SMILES string of the molecule is Nc1ccc(C2CCC(F)CC2)cc1. The number of anilines is 1. The largest absolute Gasteiger partial charge is 0.399 e. The van der Waals surface area contributed by atoms with Gasteiger partial charge in [0.2, 0.25) is 0 Å². The molecule has 1 aliphatic rings. The number of halogens is 1. The van der Waals surface area contributed by atoms with E-state index in [-0.39, 0.29) is 0 Å². The molecule has 1 aromatic rings. The Bertz CT molecular complexity index is 286. The van der Waals surface area contributed by atoms with Crippen LogP contribution in [0.25, 0.3) is 0 Å². The first-order chi connectivity index (χ1) is 6.75. The lowest BCUT2D eigenvalue weighted by Gasteiger charge is -2.24. The lowest BCUT2D eigenvalue weighted by Crippen LogP contribution is -2.13. The molecule has 76 valence electrons. The lowest BCUT2D eigenvalue weighted by atomic mass is 9.83. The van der Waals surface area contributed by atoms with Crippen LogP contribution in [0.3, 0.4) is 0 Å². The zero-order valence-corrected chi connectivity index (χ0v) is 8.25. The maximum absolute atomic E-state index is 12.9. The molecule has 0 amide bonds. The third-order valence-electron chi connectivity index (χ3n) is 3.06. The molecule has 0 bridgehead atoms. The van der Waals surface area contributed by atoms with Crippen LogP contribution in [0.4, 0.5) is 10.1 Å². The Kier molecular flexibility index (Phi) is 2.71. The lowest BCUT2D eigenvalue weighted by molar-refractivity contribution is 0.235. The average molecular weight is 193 g/mol. The van der Waals surface area contributed by atoms with Crippen LogP contribution in [-0.4, -0.2) is 6.17 Å². The van der Waals surface area contributed by atoms with E-state index in [1.807, 2.05) is 12.1 Å². The van der Waals surface area contributed by atoms with Crippen LogP contribution in [0.15, 0.2) is 24.3 Å². The second-order valence-electron chi connectivity index (χ2n) is 4.12. The molecule has 0 saturated heterocycles. The summed E-state index contributed by atoms with van der Waals surface area (Å²) >= 11 is 0. The van der Waals surface area contributed by atoms with Gasteiger partial charge in [-0.2, -0.15) is 0 Å². The van der Waals surface area contributed by atoms with Crippen molar-refractivity contribution >= 4 is 5.69 Å².